The van der Waals surface area contributed by atoms with E-state index in [1.165, 1.54) is 12.3 Å². The monoisotopic (exact) mass is 385 g/mol. The number of aryl methyl sites for hydroxylation is 1. The standard InChI is InChI=1S/C11H11F3IN3O/c1-2-4-18-7-3-5-17(6-11(12,13)14)10(19)8(7)9(15)16-18/h3,5H,2,4,6H2,1H3. The van der Waals surface area contributed by atoms with Crippen molar-refractivity contribution in [3.8, 4) is 0 Å². The third-order valence-electron chi connectivity index (χ3n) is 2.62. The second-order valence-electron chi connectivity index (χ2n) is 4.14. The van der Waals surface area contributed by atoms with Gasteiger partial charge in [-0.25, -0.2) is 0 Å². The lowest BCUT2D eigenvalue weighted by Crippen LogP contribution is -2.27. The van der Waals surface area contributed by atoms with Crippen LogP contribution in [-0.2, 0) is 13.1 Å². The molecular formula is C11H11F3IN3O. The van der Waals surface area contributed by atoms with Gasteiger partial charge in [0.1, 0.15) is 10.2 Å². The summed E-state index contributed by atoms with van der Waals surface area (Å²) >= 11 is 1.87. The summed E-state index contributed by atoms with van der Waals surface area (Å²) in [5, 5.41) is 4.44. The molecule has 0 amide bonds. The first-order chi connectivity index (χ1) is 8.83. The maximum atomic E-state index is 12.4. The van der Waals surface area contributed by atoms with Crippen LogP contribution in [-0.4, -0.2) is 20.5 Å². The summed E-state index contributed by atoms with van der Waals surface area (Å²) in [7, 11) is 0. The van der Waals surface area contributed by atoms with Gasteiger partial charge in [-0.3, -0.25) is 9.48 Å². The molecule has 2 rings (SSSR count). The highest BCUT2D eigenvalue weighted by Gasteiger charge is 2.29. The van der Waals surface area contributed by atoms with Crippen molar-refractivity contribution in [2.24, 2.45) is 0 Å². The first-order valence-corrected chi connectivity index (χ1v) is 6.73. The minimum Gasteiger partial charge on any atom is -0.306 e. The van der Waals surface area contributed by atoms with Crippen LogP contribution in [0.5, 0.6) is 0 Å². The maximum Gasteiger partial charge on any atom is 0.406 e. The summed E-state index contributed by atoms with van der Waals surface area (Å²) in [4.78, 5) is 12.0. The Kier molecular flexibility index (Phi) is 3.88. The SMILES string of the molecule is CCCn1nc(I)c2c(=O)n(CC(F)(F)F)ccc21. The number of nitrogens with zero attached hydrogens (tertiary/aromatic N) is 3. The molecule has 0 aromatic carbocycles. The van der Waals surface area contributed by atoms with Crippen molar-refractivity contribution < 1.29 is 13.2 Å². The largest absolute Gasteiger partial charge is 0.406 e. The predicted octanol–water partition coefficient (Wildman–Crippen LogP) is 2.77. The van der Waals surface area contributed by atoms with Crippen LogP contribution < -0.4 is 5.56 Å². The molecule has 2 aromatic rings. The Hall–Kier alpha value is -1.06. The molecule has 2 aromatic heterocycles. The molecule has 0 spiro atoms. The van der Waals surface area contributed by atoms with Crippen LogP contribution in [0.2, 0.25) is 0 Å². The number of hydrogen-bond acceptors (Lipinski definition) is 2. The fourth-order valence-corrected chi connectivity index (χ4v) is 2.65. The third-order valence-corrected chi connectivity index (χ3v) is 3.38. The Morgan fingerprint density at radius 1 is 1.42 bits per heavy atom. The van der Waals surface area contributed by atoms with Crippen LogP contribution in [0.4, 0.5) is 13.2 Å². The molecule has 8 heteroatoms. The number of fused-ring (bicyclic) bond motifs is 1. The lowest BCUT2D eigenvalue weighted by atomic mass is 10.3. The van der Waals surface area contributed by atoms with Gasteiger partial charge in [0.25, 0.3) is 5.56 Å². The van der Waals surface area contributed by atoms with Crippen molar-refractivity contribution in [1.82, 2.24) is 14.3 Å². The minimum atomic E-state index is -4.41. The highest BCUT2D eigenvalue weighted by atomic mass is 127. The molecule has 2 heterocycles. The van der Waals surface area contributed by atoms with Crippen LogP contribution >= 0.6 is 22.6 Å². The highest BCUT2D eigenvalue weighted by molar-refractivity contribution is 14.1. The highest BCUT2D eigenvalue weighted by Crippen LogP contribution is 2.20. The Morgan fingerprint density at radius 2 is 2.11 bits per heavy atom. The van der Waals surface area contributed by atoms with Crippen LogP contribution in [0.25, 0.3) is 10.9 Å². The van der Waals surface area contributed by atoms with Gasteiger partial charge in [0.2, 0.25) is 0 Å². The summed E-state index contributed by atoms with van der Waals surface area (Å²) in [6.45, 7) is 1.31. The molecular weight excluding hydrogens is 374 g/mol. The lowest BCUT2D eigenvalue weighted by molar-refractivity contribution is -0.141. The van der Waals surface area contributed by atoms with E-state index in [4.69, 9.17) is 0 Å². The first-order valence-electron chi connectivity index (χ1n) is 5.65. The second-order valence-corrected chi connectivity index (χ2v) is 5.16. The molecule has 0 aliphatic rings. The van der Waals surface area contributed by atoms with Crippen molar-refractivity contribution in [3.05, 3.63) is 26.3 Å². The number of rotatable bonds is 3. The van der Waals surface area contributed by atoms with Gasteiger partial charge >= 0.3 is 6.18 Å². The van der Waals surface area contributed by atoms with Crippen molar-refractivity contribution >= 4 is 33.5 Å². The van der Waals surface area contributed by atoms with E-state index < -0.39 is 18.3 Å². The van der Waals surface area contributed by atoms with Crippen molar-refractivity contribution in [1.29, 1.82) is 0 Å². The number of alkyl halides is 3. The number of halogens is 4. The van der Waals surface area contributed by atoms with Crippen LogP contribution in [0.15, 0.2) is 17.1 Å². The first kappa shape index (κ1) is 14.4. The second kappa shape index (κ2) is 5.14. The molecule has 0 N–H and O–H groups in total. The predicted molar refractivity (Wildman–Crippen MR) is 73.1 cm³/mol. The fourth-order valence-electron chi connectivity index (χ4n) is 1.88. The summed E-state index contributed by atoms with van der Waals surface area (Å²) < 4.78 is 39.8. The van der Waals surface area contributed by atoms with Gasteiger partial charge in [-0.2, -0.15) is 18.3 Å². The molecule has 0 aliphatic carbocycles. The molecule has 0 unspecified atom stereocenters. The average Bonchev–Trinajstić information content (AvgIpc) is 2.59. The zero-order chi connectivity index (χ0) is 14.2. The van der Waals surface area contributed by atoms with Crippen LogP contribution in [0.3, 0.4) is 0 Å². The molecule has 19 heavy (non-hydrogen) atoms. The topological polar surface area (TPSA) is 39.8 Å². The lowest BCUT2D eigenvalue weighted by Gasteiger charge is -2.09. The van der Waals surface area contributed by atoms with E-state index in [2.05, 4.69) is 5.10 Å². The number of aromatic nitrogens is 3. The van der Waals surface area contributed by atoms with Crippen LogP contribution in [0.1, 0.15) is 13.3 Å². The van der Waals surface area contributed by atoms with Crippen LogP contribution in [0, 0.1) is 3.70 Å². The smallest absolute Gasteiger partial charge is 0.306 e. The third kappa shape index (κ3) is 2.93. The quantitative estimate of drug-likeness (QED) is 0.763. The van der Waals surface area contributed by atoms with Gasteiger partial charge in [0.05, 0.1) is 10.9 Å². The van der Waals surface area contributed by atoms with Gasteiger partial charge in [0.15, 0.2) is 0 Å². The van der Waals surface area contributed by atoms with Crippen molar-refractivity contribution in [2.45, 2.75) is 32.6 Å². The summed E-state index contributed by atoms with van der Waals surface area (Å²) in [5.74, 6) is 0. The molecule has 0 atom stereocenters. The van der Waals surface area contributed by atoms with Crippen molar-refractivity contribution in [2.75, 3.05) is 0 Å². The Bertz CT molecular complexity index is 659. The van der Waals surface area contributed by atoms with E-state index in [1.54, 1.807) is 4.68 Å². The molecule has 0 saturated carbocycles. The molecule has 0 fully saturated rings. The molecule has 0 aliphatic heterocycles. The zero-order valence-corrected chi connectivity index (χ0v) is 12.2. The zero-order valence-electron chi connectivity index (χ0n) is 10.0. The Balaban J connectivity index is 2.59. The Labute approximate surface area is 120 Å². The van der Waals surface area contributed by atoms with E-state index >= 15 is 0 Å². The van der Waals surface area contributed by atoms with Gasteiger partial charge in [-0.05, 0) is 35.1 Å². The van der Waals surface area contributed by atoms with Gasteiger partial charge in [-0.15, -0.1) is 0 Å². The average molecular weight is 385 g/mol. The minimum absolute atomic E-state index is 0.251. The normalized spacial score (nSPS) is 12.3. The van der Waals surface area contributed by atoms with Gasteiger partial charge < -0.3 is 4.57 Å². The number of hydrogen-bond donors (Lipinski definition) is 0. The molecule has 0 radical (unpaired) electrons. The fraction of sp³-hybridized carbons (Fsp3) is 0.455. The summed E-state index contributed by atoms with van der Waals surface area (Å²) in [6.07, 6.45) is -2.41. The number of pyridine rings is 1. The summed E-state index contributed by atoms with van der Waals surface area (Å²) in [6, 6.07) is 1.51. The molecule has 0 saturated heterocycles. The van der Waals surface area contributed by atoms with E-state index in [0.717, 1.165) is 6.42 Å². The molecule has 4 nitrogen and oxygen atoms in total. The van der Waals surface area contributed by atoms with E-state index in [9.17, 15) is 18.0 Å². The molecule has 0 bridgehead atoms. The van der Waals surface area contributed by atoms with Crippen molar-refractivity contribution in [3.63, 3.8) is 0 Å². The summed E-state index contributed by atoms with van der Waals surface area (Å²) in [5.41, 5.74) is -0.0729. The van der Waals surface area contributed by atoms with E-state index in [0.29, 0.717) is 20.3 Å². The maximum absolute atomic E-state index is 12.4. The van der Waals surface area contributed by atoms with E-state index in [-0.39, 0.29) is 5.39 Å². The van der Waals surface area contributed by atoms with E-state index in [1.807, 2.05) is 29.5 Å². The van der Waals surface area contributed by atoms with Gasteiger partial charge in [0, 0.05) is 12.7 Å². The molecule has 104 valence electrons. The van der Waals surface area contributed by atoms with Gasteiger partial charge in [-0.1, -0.05) is 6.92 Å². The Morgan fingerprint density at radius 3 is 2.68 bits per heavy atom.